The Morgan fingerprint density at radius 1 is 1.07 bits per heavy atom. The van der Waals surface area contributed by atoms with E-state index in [9.17, 15) is 4.79 Å². The van der Waals surface area contributed by atoms with Crippen LogP contribution in [-0.2, 0) is 13.0 Å². The van der Waals surface area contributed by atoms with Crippen molar-refractivity contribution >= 4 is 17.1 Å². The summed E-state index contributed by atoms with van der Waals surface area (Å²) in [6.07, 6.45) is 4.72. The highest BCUT2D eigenvalue weighted by atomic mass is 35.5. The second kappa shape index (κ2) is 8.75. The zero-order chi connectivity index (χ0) is 17.8. The van der Waals surface area contributed by atoms with Gasteiger partial charge in [-0.25, -0.2) is 0 Å². The van der Waals surface area contributed by atoms with E-state index < -0.39 is 0 Å². The molecule has 0 radical (unpaired) electrons. The Kier molecular flexibility index (Phi) is 6.16. The first-order chi connectivity index (χ1) is 12.8. The number of carbonyl (C=O) groups is 1. The van der Waals surface area contributed by atoms with E-state index in [0.29, 0.717) is 6.54 Å². The third-order valence-electron chi connectivity index (χ3n) is 4.15. The number of nitrogens with zero attached hydrogens (tertiary/aromatic N) is 2. The fourth-order valence-corrected chi connectivity index (χ4v) is 3.58. The van der Waals surface area contributed by atoms with Crippen LogP contribution in [0.3, 0.4) is 0 Å². The van der Waals surface area contributed by atoms with Crippen molar-refractivity contribution in [3.05, 3.63) is 94.6 Å². The molecule has 4 aromatic rings. The maximum atomic E-state index is 12.4. The SMILES string of the molecule is O=C(C[n+]1cccc(-c2cc(Cc3cccs3)[nH]n2)c1)c1ccccc1.[Cl-]. The number of pyridine rings is 1. The summed E-state index contributed by atoms with van der Waals surface area (Å²) < 4.78 is 1.90. The highest BCUT2D eigenvalue weighted by Gasteiger charge is 2.14. The Bertz CT molecular complexity index is 1010. The molecule has 0 spiro atoms. The molecule has 0 saturated carbocycles. The summed E-state index contributed by atoms with van der Waals surface area (Å²) in [7, 11) is 0. The summed E-state index contributed by atoms with van der Waals surface area (Å²) in [6, 6.07) is 19.6. The van der Waals surface area contributed by atoms with Gasteiger partial charge in [-0.05, 0) is 23.6 Å². The molecular weight excluding hydrogens is 378 g/mol. The van der Waals surface area contributed by atoms with Crippen LogP contribution in [0.1, 0.15) is 20.9 Å². The molecular formula is C21H18ClN3OS. The van der Waals surface area contributed by atoms with Crippen molar-refractivity contribution in [1.82, 2.24) is 10.2 Å². The molecule has 1 aromatic carbocycles. The van der Waals surface area contributed by atoms with Gasteiger partial charge in [-0.2, -0.15) is 9.67 Å². The lowest BCUT2D eigenvalue weighted by Crippen LogP contribution is -3.00. The van der Waals surface area contributed by atoms with Crippen molar-refractivity contribution in [3.8, 4) is 11.3 Å². The van der Waals surface area contributed by atoms with E-state index in [1.165, 1.54) is 4.88 Å². The number of H-pyrrole nitrogens is 1. The molecule has 27 heavy (non-hydrogen) atoms. The van der Waals surface area contributed by atoms with E-state index in [2.05, 4.69) is 33.8 Å². The normalized spacial score (nSPS) is 10.4. The largest absolute Gasteiger partial charge is 1.00 e. The maximum absolute atomic E-state index is 12.4. The van der Waals surface area contributed by atoms with Gasteiger partial charge in [-0.3, -0.25) is 9.89 Å². The molecule has 0 bridgehead atoms. The van der Waals surface area contributed by atoms with Crippen molar-refractivity contribution in [2.75, 3.05) is 0 Å². The molecule has 0 atom stereocenters. The Hall–Kier alpha value is -2.76. The summed E-state index contributed by atoms with van der Waals surface area (Å²) in [5, 5.41) is 9.62. The lowest BCUT2D eigenvalue weighted by molar-refractivity contribution is -0.682. The summed E-state index contributed by atoms with van der Waals surface area (Å²) >= 11 is 1.74. The van der Waals surface area contributed by atoms with Crippen molar-refractivity contribution in [2.45, 2.75) is 13.0 Å². The Morgan fingerprint density at radius 2 is 1.93 bits per heavy atom. The molecule has 136 valence electrons. The van der Waals surface area contributed by atoms with Gasteiger partial charge in [0.25, 0.3) is 0 Å². The van der Waals surface area contributed by atoms with Crippen LogP contribution >= 0.6 is 11.3 Å². The summed E-state index contributed by atoms with van der Waals surface area (Å²) in [5.74, 6) is 0.0909. The van der Waals surface area contributed by atoms with E-state index in [0.717, 1.165) is 28.9 Å². The number of aromatic nitrogens is 3. The predicted molar refractivity (Wildman–Crippen MR) is 102 cm³/mol. The van der Waals surface area contributed by atoms with Gasteiger partial charge in [-0.15, -0.1) is 11.3 Å². The average Bonchev–Trinajstić information content (AvgIpc) is 3.35. The minimum atomic E-state index is 0. The highest BCUT2D eigenvalue weighted by Crippen LogP contribution is 2.19. The van der Waals surface area contributed by atoms with Crippen LogP contribution in [0.25, 0.3) is 11.3 Å². The molecule has 0 saturated heterocycles. The van der Waals surface area contributed by atoms with Crippen molar-refractivity contribution in [2.24, 2.45) is 0 Å². The minimum absolute atomic E-state index is 0. The highest BCUT2D eigenvalue weighted by molar-refractivity contribution is 7.09. The molecule has 3 aromatic heterocycles. The lowest BCUT2D eigenvalue weighted by Gasteiger charge is -1.99. The van der Waals surface area contributed by atoms with E-state index in [-0.39, 0.29) is 18.2 Å². The molecule has 6 heteroatoms. The first-order valence-electron chi connectivity index (χ1n) is 8.42. The number of thiophene rings is 1. The molecule has 0 aliphatic heterocycles. The molecule has 4 nitrogen and oxygen atoms in total. The van der Waals surface area contributed by atoms with Crippen LogP contribution in [-0.4, -0.2) is 16.0 Å². The van der Waals surface area contributed by atoms with Gasteiger partial charge in [0.15, 0.2) is 12.4 Å². The number of ketones is 1. The molecule has 0 aliphatic carbocycles. The third kappa shape index (κ3) is 4.70. The fraction of sp³-hybridized carbons (Fsp3) is 0.0952. The lowest BCUT2D eigenvalue weighted by atomic mass is 10.1. The summed E-state index contributed by atoms with van der Waals surface area (Å²) in [5.41, 5.74) is 3.68. The van der Waals surface area contributed by atoms with Crippen molar-refractivity contribution in [1.29, 1.82) is 0 Å². The number of benzene rings is 1. The number of rotatable bonds is 6. The van der Waals surface area contributed by atoms with Gasteiger partial charge in [0, 0.05) is 28.6 Å². The second-order valence-electron chi connectivity index (χ2n) is 6.09. The topological polar surface area (TPSA) is 49.6 Å². The summed E-state index contributed by atoms with van der Waals surface area (Å²) in [4.78, 5) is 13.7. The van der Waals surface area contributed by atoms with Crippen LogP contribution in [0.15, 0.2) is 78.4 Å². The first-order valence-corrected chi connectivity index (χ1v) is 9.30. The molecule has 0 unspecified atom stereocenters. The number of Topliss-reactive ketones (excluding diaryl/α,β-unsaturated/α-hetero) is 1. The molecule has 0 amide bonds. The zero-order valence-electron chi connectivity index (χ0n) is 14.5. The standard InChI is InChI=1S/C21H18N3OS.ClH/c25-21(16-6-2-1-3-7-16)15-24-10-4-8-17(14-24)20-13-18(22-23-20)12-19-9-5-11-26-19;/h1-11,13-14H,12,15H2,(H,22,23);1H/q+1;/p-1. The number of halogens is 1. The quantitative estimate of drug-likeness (QED) is 0.389. The molecule has 3 heterocycles. The van der Waals surface area contributed by atoms with Crippen LogP contribution in [0.2, 0.25) is 0 Å². The van der Waals surface area contributed by atoms with Crippen LogP contribution in [0, 0.1) is 0 Å². The van der Waals surface area contributed by atoms with E-state index in [1.807, 2.05) is 59.4 Å². The van der Waals surface area contributed by atoms with Gasteiger partial charge in [0.1, 0.15) is 0 Å². The van der Waals surface area contributed by atoms with Crippen LogP contribution in [0.5, 0.6) is 0 Å². The molecule has 0 aliphatic rings. The number of aromatic amines is 1. The number of carbonyl (C=O) groups excluding carboxylic acids is 1. The number of hydrogen-bond donors (Lipinski definition) is 1. The second-order valence-corrected chi connectivity index (χ2v) is 7.12. The smallest absolute Gasteiger partial charge is 0.227 e. The van der Waals surface area contributed by atoms with E-state index >= 15 is 0 Å². The van der Waals surface area contributed by atoms with Gasteiger partial charge in [0.2, 0.25) is 12.3 Å². The average molecular weight is 396 g/mol. The predicted octanol–water partition coefficient (Wildman–Crippen LogP) is 0.903. The number of hydrogen-bond acceptors (Lipinski definition) is 3. The van der Waals surface area contributed by atoms with Gasteiger partial charge in [0.05, 0.1) is 11.3 Å². The third-order valence-corrected chi connectivity index (χ3v) is 5.03. The molecule has 4 rings (SSSR count). The fourth-order valence-electron chi connectivity index (χ4n) is 2.85. The first kappa shape index (κ1) is 19.0. The zero-order valence-corrected chi connectivity index (χ0v) is 16.1. The maximum Gasteiger partial charge on any atom is 0.227 e. The van der Waals surface area contributed by atoms with E-state index in [1.54, 1.807) is 11.3 Å². The van der Waals surface area contributed by atoms with Crippen LogP contribution in [0.4, 0.5) is 0 Å². The minimum Gasteiger partial charge on any atom is -1.00 e. The van der Waals surface area contributed by atoms with Gasteiger partial charge in [-0.1, -0.05) is 36.4 Å². The Morgan fingerprint density at radius 3 is 2.70 bits per heavy atom. The van der Waals surface area contributed by atoms with Crippen molar-refractivity contribution < 1.29 is 21.8 Å². The van der Waals surface area contributed by atoms with Gasteiger partial charge < -0.3 is 12.4 Å². The van der Waals surface area contributed by atoms with E-state index in [4.69, 9.17) is 0 Å². The van der Waals surface area contributed by atoms with Crippen LogP contribution < -0.4 is 17.0 Å². The molecule has 1 N–H and O–H groups in total. The number of nitrogens with one attached hydrogen (secondary N) is 1. The van der Waals surface area contributed by atoms with Crippen molar-refractivity contribution in [3.63, 3.8) is 0 Å². The Balaban J connectivity index is 0.00000210. The summed E-state index contributed by atoms with van der Waals surface area (Å²) in [6.45, 7) is 0.310. The van der Waals surface area contributed by atoms with Gasteiger partial charge >= 0.3 is 0 Å². The monoisotopic (exact) mass is 395 g/mol. The molecule has 0 fully saturated rings. The Labute approximate surface area is 167 Å².